The zero-order valence-electron chi connectivity index (χ0n) is 15.4. The molecule has 2 heterocycles. The van der Waals surface area contributed by atoms with Gasteiger partial charge in [-0.2, -0.15) is 0 Å². The second-order valence-corrected chi connectivity index (χ2v) is 8.85. The SMILES string of the molecule is O=C(CC1(O)C(=O)N(Cc2cccs2)c2ccc(Br)cc21)c1cccc([N+](=O)[O-])c1. The summed E-state index contributed by atoms with van der Waals surface area (Å²) in [4.78, 5) is 39.0. The fraction of sp³-hybridized carbons (Fsp3) is 0.143. The number of nitro groups is 1. The van der Waals surface area contributed by atoms with Crippen molar-refractivity contribution in [2.75, 3.05) is 4.90 Å². The summed E-state index contributed by atoms with van der Waals surface area (Å²) in [6.07, 6.45) is -0.516. The largest absolute Gasteiger partial charge is 0.375 e. The number of non-ortho nitro benzene ring substituents is 1. The fourth-order valence-electron chi connectivity index (χ4n) is 3.54. The Bertz CT molecular complexity index is 1160. The number of amides is 1. The van der Waals surface area contributed by atoms with Gasteiger partial charge in [0, 0.05) is 32.6 Å². The monoisotopic (exact) mass is 486 g/mol. The Morgan fingerprint density at radius 2 is 2.00 bits per heavy atom. The maximum atomic E-state index is 13.3. The number of thiophene rings is 1. The van der Waals surface area contributed by atoms with E-state index in [4.69, 9.17) is 0 Å². The highest BCUT2D eigenvalue weighted by Gasteiger charge is 2.51. The zero-order valence-corrected chi connectivity index (χ0v) is 17.9. The Balaban J connectivity index is 1.70. The summed E-state index contributed by atoms with van der Waals surface area (Å²) in [7, 11) is 0. The normalized spacial score (nSPS) is 17.8. The quantitative estimate of drug-likeness (QED) is 0.315. The minimum absolute atomic E-state index is 0.0682. The lowest BCUT2D eigenvalue weighted by Crippen LogP contribution is -2.41. The third-order valence-electron chi connectivity index (χ3n) is 4.98. The molecule has 2 aromatic carbocycles. The third kappa shape index (κ3) is 3.55. The molecule has 0 fully saturated rings. The molecule has 0 saturated carbocycles. The molecule has 152 valence electrons. The maximum absolute atomic E-state index is 13.3. The number of rotatable bonds is 6. The molecule has 0 radical (unpaired) electrons. The number of carbonyl (C=O) groups is 2. The first-order valence-electron chi connectivity index (χ1n) is 8.94. The first-order chi connectivity index (χ1) is 14.3. The van der Waals surface area contributed by atoms with Gasteiger partial charge in [0.2, 0.25) is 0 Å². The minimum atomic E-state index is -2.06. The number of ketones is 1. The van der Waals surface area contributed by atoms with E-state index >= 15 is 0 Å². The Kier molecular flexibility index (Phi) is 5.27. The predicted molar refractivity (Wildman–Crippen MR) is 116 cm³/mol. The van der Waals surface area contributed by atoms with E-state index < -0.39 is 28.6 Å². The van der Waals surface area contributed by atoms with Crippen LogP contribution < -0.4 is 4.90 Å². The predicted octanol–water partition coefficient (Wildman–Crippen LogP) is 4.43. The van der Waals surface area contributed by atoms with Gasteiger partial charge in [-0.05, 0) is 29.6 Å². The van der Waals surface area contributed by atoms with Crippen molar-refractivity contribution in [2.24, 2.45) is 0 Å². The highest BCUT2D eigenvalue weighted by molar-refractivity contribution is 9.10. The van der Waals surface area contributed by atoms with Crippen molar-refractivity contribution in [3.05, 3.63) is 90.6 Å². The number of halogens is 1. The molecule has 0 aliphatic carbocycles. The van der Waals surface area contributed by atoms with Crippen molar-refractivity contribution in [3.63, 3.8) is 0 Å². The third-order valence-corrected chi connectivity index (χ3v) is 6.34. The molecule has 9 heteroatoms. The second-order valence-electron chi connectivity index (χ2n) is 6.90. The highest BCUT2D eigenvalue weighted by Crippen LogP contribution is 2.45. The van der Waals surface area contributed by atoms with Crippen LogP contribution in [0.25, 0.3) is 0 Å². The van der Waals surface area contributed by atoms with Crippen LogP contribution in [0, 0.1) is 10.1 Å². The van der Waals surface area contributed by atoms with Crippen LogP contribution in [0.15, 0.2) is 64.5 Å². The smallest absolute Gasteiger partial charge is 0.270 e. The number of benzene rings is 2. The maximum Gasteiger partial charge on any atom is 0.270 e. The lowest BCUT2D eigenvalue weighted by molar-refractivity contribution is -0.384. The van der Waals surface area contributed by atoms with Gasteiger partial charge in [0.15, 0.2) is 11.4 Å². The van der Waals surface area contributed by atoms with E-state index in [9.17, 15) is 24.8 Å². The summed E-state index contributed by atoms with van der Waals surface area (Å²) in [5, 5.41) is 24.3. The number of anilines is 1. The molecule has 1 aliphatic heterocycles. The summed E-state index contributed by atoms with van der Waals surface area (Å²) in [5.41, 5.74) is -1.35. The first kappa shape index (κ1) is 20.4. The van der Waals surface area contributed by atoms with Crippen LogP contribution in [0.1, 0.15) is 27.2 Å². The number of nitro benzene ring substituents is 1. The van der Waals surface area contributed by atoms with Gasteiger partial charge in [0.25, 0.3) is 11.6 Å². The van der Waals surface area contributed by atoms with Gasteiger partial charge in [0.05, 0.1) is 23.6 Å². The minimum Gasteiger partial charge on any atom is -0.375 e. The van der Waals surface area contributed by atoms with Gasteiger partial charge in [0.1, 0.15) is 0 Å². The molecule has 1 aromatic heterocycles. The summed E-state index contributed by atoms with van der Waals surface area (Å²) >= 11 is 4.84. The van der Waals surface area contributed by atoms with Crippen LogP contribution in [-0.4, -0.2) is 21.7 Å². The van der Waals surface area contributed by atoms with Crippen molar-refractivity contribution < 1.29 is 19.6 Å². The second kappa shape index (κ2) is 7.75. The number of aliphatic hydroxyl groups is 1. The Morgan fingerprint density at radius 3 is 2.70 bits per heavy atom. The molecular weight excluding hydrogens is 472 g/mol. The van der Waals surface area contributed by atoms with E-state index in [0.29, 0.717) is 15.7 Å². The van der Waals surface area contributed by atoms with E-state index in [0.717, 1.165) is 10.9 Å². The van der Waals surface area contributed by atoms with E-state index in [1.807, 2.05) is 17.5 Å². The van der Waals surface area contributed by atoms with E-state index in [1.54, 1.807) is 18.2 Å². The van der Waals surface area contributed by atoms with Crippen molar-refractivity contribution in [2.45, 2.75) is 18.6 Å². The summed E-state index contributed by atoms with van der Waals surface area (Å²) in [5.74, 6) is -1.15. The summed E-state index contributed by atoms with van der Waals surface area (Å²) < 4.78 is 0.660. The van der Waals surface area contributed by atoms with Crippen molar-refractivity contribution in [1.82, 2.24) is 0 Å². The van der Waals surface area contributed by atoms with Gasteiger partial charge in [-0.3, -0.25) is 19.7 Å². The number of carbonyl (C=O) groups excluding carboxylic acids is 2. The lowest BCUT2D eigenvalue weighted by atomic mass is 9.88. The molecule has 0 saturated heterocycles. The van der Waals surface area contributed by atoms with Crippen LogP contribution in [0.3, 0.4) is 0 Å². The van der Waals surface area contributed by atoms with Crippen LogP contribution in [-0.2, 0) is 16.9 Å². The molecule has 1 unspecified atom stereocenters. The van der Waals surface area contributed by atoms with Crippen LogP contribution >= 0.6 is 27.3 Å². The molecule has 4 rings (SSSR count). The zero-order chi connectivity index (χ0) is 21.5. The Morgan fingerprint density at radius 1 is 1.20 bits per heavy atom. The molecule has 3 aromatic rings. The standard InChI is InChI=1S/C21H15BrN2O5S/c22-14-6-7-18-17(10-14)21(27,20(26)23(18)12-16-5-2-8-30-16)11-19(25)13-3-1-4-15(9-13)24(28)29/h1-10,27H,11-12H2. The Labute approximate surface area is 183 Å². The molecule has 0 spiro atoms. The summed E-state index contributed by atoms with van der Waals surface area (Å²) in [6.45, 7) is 0.276. The van der Waals surface area contributed by atoms with Gasteiger partial charge >= 0.3 is 0 Å². The van der Waals surface area contributed by atoms with Gasteiger partial charge < -0.3 is 10.0 Å². The topological polar surface area (TPSA) is 101 Å². The summed E-state index contributed by atoms with van der Waals surface area (Å²) in [6, 6.07) is 14.1. The molecule has 30 heavy (non-hydrogen) atoms. The van der Waals surface area contributed by atoms with Crippen LogP contribution in [0.4, 0.5) is 11.4 Å². The Hall–Kier alpha value is -2.88. The average Bonchev–Trinajstić information content (AvgIpc) is 3.30. The molecule has 7 nitrogen and oxygen atoms in total. The van der Waals surface area contributed by atoms with Gasteiger partial charge in [-0.25, -0.2) is 0 Å². The average molecular weight is 487 g/mol. The molecule has 0 bridgehead atoms. The number of hydrogen-bond acceptors (Lipinski definition) is 6. The molecule has 1 aliphatic rings. The van der Waals surface area contributed by atoms with Gasteiger partial charge in [-0.1, -0.05) is 34.1 Å². The molecule has 1 atom stereocenters. The number of fused-ring (bicyclic) bond motifs is 1. The number of hydrogen-bond donors (Lipinski definition) is 1. The first-order valence-corrected chi connectivity index (χ1v) is 10.6. The fourth-order valence-corrected chi connectivity index (χ4v) is 4.59. The highest BCUT2D eigenvalue weighted by atomic mass is 79.9. The van der Waals surface area contributed by atoms with Crippen molar-refractivity contribution >= 4 is 50.3 Å². The molecular formula is C21H15BrN2O5S. The van der Waals surface area contributed by atoms with Crippen LogP contribution in [0.5, 0.6) is 0 Å². The van der Waals surface area contributed by atoms with E-state index in [1.165, 1.54) is 34.4 Å². The van der Waals surface area contributed by atoms with Crippen molar-refractivity contribution in [3.8, 4) is 0 Å². The van der Waals surface area contributed by atoms with Crippen molar-refractivity contribution in [1.29, 1.82) is 0 Å². The van der Waals surface area contributed by atoms with Gasteiger partial charge in [-0.15, -0.1) is 11.3 Å². The van der Waals surface area contributed by atoms with E-state index in [2.05, 4.69) is 15.9 Å². The number of nitrogens with zero attached hydrogens (tertiary/aromatic N) is 2. The van der Waals surface area contributed by atoms with Crippen LogP contribution in [0.2, 0.25) is 0 Å². The van der Waals surface area contributed by atoms with E-state index in [-0.39, 0.29) is 17.8 Å². The lowest BCUT2D eigenvalue weighted by Gasteiger charge is -2.22. The molecule has 1 amide bonds. The number of Topliss-reactive ketones (excluding diaryl/α,β-unsaturated/α-hetero) is 1. The molecule has 1 N–H and O–H groups in total.